The molecule has 2 heterocycles. The van der Waals surface area contributed by atoms with Crippen LogP contribution in [0.5, 0.6) is 0 Å². The molecule has 3 rings (SSSR count). The standard InChI is InChI=1S/C19H26N4O2/c1-3-4-10-20-19(24)23-11-8-15(9-12-23)18-21-17(22-25-18)16-7-5-6-14(2)13-16/h5-7,13,15H,3-4,8-12H2,1-2H3,(H,20,24). The van der Waals surface area contributed by atoms with Crippen LogP contribution >= 0.6 is 0 Å². The Hall–Kier alpha value is -2.37. The predicted octanol–water partition coefficient (Wildman–Crippen LogP) is 3.73. The Labute approximate surface area is 148 Å². The summed E-state index contributed by atoms with van der Waals surface area (Å²) in [5.41, 5.74) is 2.15. The van der Waals surface area contributed by atoms with E-state index in [2.05, 4.69) is 28.4 Å². The summed E-state index contributed by atoms with van der Waals surface area (Å²) in [6.07, 6.45) is 3.82. The summed E-state index contributed by atoms with van der Waals surface area (Å²) < 4.78 is 5.49. The molecule has 1 aliphatic rings. The Morgan fingerprint density at radius 3 is 2.88 bits per heavy atom. The van der Waals surface area contributed by atoms with Gasteiger partial charge < -0.3 is 14.7 Å². The van der Waals surface area contributed by atoms with E-state index in [0.717, 1.165) is 50.9 Å². The van der Waals surface area contributed by atoms with Gasteiger partial charge in [0.2, 0.25) is 11.7 Å². The number of hydrogen-bond donors (Lipinski definition) is 1. The van der Waals surface area contributed by atoms with Gasteiger partial charge in [-0.05, 0) is 32.3 Å². The Morgan fingerprint density at radius 2 is 2.16 bits per heavy atom. The molecule has 1 aliphatic heterocycles. The number of nitrogens with one attached hydrogen (secondary N) is 1. The second-order valence-corrected chi connectivity index (χ2v) is 6.67. The van der Waals surface area contributed by atoms with Crippen molar-refractivity contribution in [3.05, 3.63) is 35.7 Å². The molecule has 6 nitrogen and oxygen atoms in total. The first-order valence-corrected chi connectivity index (χ1v) is 9.10. The Kier molecular flexibility index (Phi) is 5.68. The zero-order chi connectivity index (χ0) is 17.6. The molecule has 0 aliphatic carbocycles. The average molecular weight is 342 g/mol. The molecule has 1 saturated heterocycles. The summed E-state index contributed by atoms with van der Waals surface area (Å²) >= 11 is 0. The Balaban J connectivity index is 1.56. The topological polar surface area (TPSA) is 71.3 Å². The number of benzene rings is 1. The van der Waals surface area contributed by atoms with Crippen LogP contribution in [0, 0.1) is 6.92 Å². The quantitative estimate of drug-likeness (QED) is 0.840. The van der Waals surface area contributed by atoms with Gasteiger partial charge in [0.15, 0.2) is 0 Å². The van der Waals surface area contributed by atoms with Crippen molar-refractivity contribution in [3.63, 3.8) is 0 Å². The number of piperidine rings is 1. The number of aryl methyl sites for hydroxylation is 1. The maximum atomic E-state index is 12.1. The molecule has 1 N–H and O–H groups in total. The van der Waals surface area contributed by atoms with E-state index in [1.165, 1.54) is 5.56 Å². The molecular formula is C19H26N4O2. The third-order valence-corrected chi connectivity index (χ3v) is 4.66. The van der Waals surface area contributed by atoms with Crippen LogP contribution in [-0.4, -0.2) is 40.7 Å². The van der Waals surface area contributed by atoms with Crippen molar-refractivity contribution in [2.24, 2.45) is 0 Å². The van der Waals surface area contributed by atoms with E-state index in [1.807, 2.05) is 30.0 Å². The van der Waals surface area contributed by atoms with Gasteiger partial charge in [-0.2, -0.15) is 4.98 Å². The molecule has 0 bridgehead atoms. The number of amides is 2. The molecule has 0 saturated carbocycles. The zero-order valence-corrected chi connectivity index (χ0v) is 15.0. The lowest BCUT2D eigenvalue weighted by Crippen LogP contribution is -2.44. The second kappa shape index (κ2) is 8.14. The number of unbranched alkanes of at least 4 members (excludes halogenated alkanes) is 1. The second-order valence-electron chi connectivity index (χ2n) is 6.67. The van der Waals surface area contributed by atoms with Crippen molar-refractivity contribution in [1.82, 2.24) is 20.4 Å². The fourth-order valence-electron chi connectivity index (χ4n) is 3.12. The van der Waals surface area contributed by atoms with Gasteiger partial charge in [0.25, 0.3) is 0 Å². The van der Waals surface area contributed by atoms with Crippen LogP contribution in [0.25, 0.3) is 11.4 Å². The number of carbonyl (C=O) groups is 1. The number of rotatable bonds is 5. The molecule has 0 unspecified atom stereocenters. The van der Waals surface area contributed by atoms with E-state index >= 15 is 0 Å². The minimum atomic E-state index is 0.0397. The van der Waals surface area contributed by atoms with Crippen molar-refractivity contribution in [2.75, 3.05) is 19.6 Å². The van der Waals surface area contributed by atoms with Crippen LogP contribution in [0.15, 0.2) is 28.8 Å². The summed E-state index contributed by atoms with van der Waals surface area (Å²) in [4.78, 5) is 18.6. The number of urea groups is 1. The molecule has 134 valence electrons. The third-order valence-electron chi connectivity index (χ3n) is 4.66. The lowest BCUT2D eigenvalue weighted by molar-refractivity contribution is 0.175. The average Bonchev–Trinajstić information content (AvgIpc) is 3.12. The van der Waals surface area contributed by atoms with Crippen LogP contribution in [0.4, 0.5) is 4.79 Å². The van der Waals surface area contributed by atoms with E-state index in [1.54, 1.807) is 0 Å². The first kappa shape index (κ1) is 17.5. The fourth-order valence-corrected chi connectivity index (χ4v) is 3.12. The fraction of sp³-hybridized carbons (Fsp3) is 0.526. The maximum Gasteiger partial charge on any atom is 0.317 e. The van der Waals surface area contributed by atoms with Crippen LogP contribution in [-0.2, 0) is 0 Å². The molecule has 0 radical (unpaired) electrons. The zero-order valence-electron chi connectivity index (χ0n) is 15.0. The van der Waals surface area contributed by atoms with Gasteiger partial charge in [0.1, 0.15) is 0 Å². The monoisotopic (exact) mass is 342 g/mol. The number of nitrogens with zero attached hydrogens (tertiary/aromatic N) is 3. The van der Waals surface area contributed by atoms with Gasteiger partial charge >= 0.3 is 6.03 Å². The lowest BCUT2D eigenvalue weighted by atomic mass is 9.97. The molecular weight excluding hydrogens is 316 g/mol. The van der Waals surface area contributed by atoms with Crippen LogP contribution in [0.2, 0.25) is 0 Å². The number of likely N-dealkylation sites (tertiary alicyclic amines) is 1. The van der Waals surface area contributed by atoms with Gasteiger partial charge in [-0.25, -0.2) is 4.79 Å². The van der Waals surface area contributed by atoms with Gasteiger partial charge in [-0.15, -0.1) is 0 Å². The van der Waals surface area contributed by atoms with Gasteiger partial charge in [0, 0.05) is 31.1 Å². The van der Waals surface area contributed by atoms with Gasteiger partial charge in [0.05, 0.1) is 0 Å². The molecule has 0 atom stereocenters. The van der Waals surface area contributed by atoms with Crippen molar-refractivity contribution >= 4 is 6.03 Å². The summed E-state index contributed by atoms with van der Waals surface area (Å²) in [7, 11) is 0. The Bertz CT molecular complexity index is 705. The molecule has 2 aromatic rings. The van der Waals surface area contributed by atoms with E-state index < -0.39 is 0 Å². The third kappa shape index (κ3) is 4.38. The van der Waals surface area contributed by atoms with E-state index in [9.17, 15) is 4.79 Å². The van der Waals surface area contributed by atoms with Crippen molar-refractivity contribution in [2.45, 2.75) is 45.4 Å². The predicted molar refractivity (Wildman–Crippen MR) is 96.3 cm³/mol. The van der Waals surface area contributed by atoms with E-state index in [4.69, 9.17) is 4.52 Å². The number of hydrogen-bond acceptors (Lipinski definition) is 4. The minimum Gasteiger partial charge on any atom is -0.339 e. The minimum absolute atomic E-state index is 0.0397. The summed E-state index contributed by atoms with van der Waals surface area (Å²) in [6.45, 7) is 6.37. The largest absolute Gasteiger partial charge is 0.339 e. The first-order valence-electron chi connectivity index (χ1n) is 9.10. The molecule has 25 heavy (non-hydrogen) atoms. The van der Waals surface area contributed by atoms with E-state index in [0.29, 0.717) is 11.7 Å². The highest BCUT2D eigenvalue weighted by Gasteiger charge is 2.27. The molecule has 2 amide bonds. The van der Waals surface area contributed by atoms with E-state index in [-0.39, 0.29) is 11.9 Å². The SMILES string of the molecule is CCCCNC(=O)N1CCC(c2nc(-c3cccc(C)c3)no2)CC1. The number of carbonyl (C=O) groups excluding carboxylic acids is 1. The van der Waals surface area contributed by atoms with Crippen LogP contribution < -0.4 is 5.32 Å². The highest BCUT2D eigenvalue weighted by Crippen LogP contribution is 2.28. The summed E-state index contributed by atoms with van der Waals surface area (Å²) in [6, 6.07) is 8.13. The first-order chi connectivity index (χ1) is 12.2. The lowest BCUT2D eigenvalue weighted by Gasteiger charge is -2.30. The number of aromatic nitrogens is 2. The van der Waals surface area contributed by atoms with Crippen molar-refractivity contribution < 1.29 is 9.32 Å². The van der Waals surface area contributed by atoms with Gasteiger partial charge in [-0.1, -0.05) is 42.3 Å². The van der Waals surface area contributed by atoms with Crippen molar-refractivity contribution in [1.29, 1.82) is 0 Å². The smallest absolute Gasteiger partial charge is 0.317 e. The summed E-state index contributed by atoms with van der Waals surface area (Å²) in [5.74, 6) is 1.55. The summed E-state index contributed by atoms with van der Waals surface area (Å²) in [5, 5.41) is 7.10. The molecule has 6 heteroatoms. The molecule has 1 fully saturated rings. The van der Waals surface area contributed by atoms with Crippen LogP contribution in [0.1, 0.15) is 50.0 Å². The maximum absolute atomic E-state index is 12.1. The highest BCUT2D eigenvalue weighted by atomic mass is 16.5. The highest BCUT2D eigenvalue weighted by molar-refractivity contribution is 5.74. The Morgan fingerprint density at radius 1 is 1.36 bits per heavy atom. The van der Waals surface area contributed by atoms with Crippen molar-refractivity contribution in [3.8, 4) is 11.4 Å². The van der Waals surface area contributed by atoms with Gasteiger partial charge in [-0.3, -0.25) is 0 Å². The normalized spacial score (nSPS) is 15.4. The molecule has 1 aromatic heterocycles. The molecule has 1 aromatic carbocycles. The van der Waals surface area contributed by atoms with Crippen LogP contribution in [0.3, 0.4) is 0 Å². The molecule has 0 spiro atoms.